The lowest BCUT2D eigenvalue weighted by Crippen LogP contribution is -2.06. The highest BCUT2D eigenvalue weighted by Crippen LogP contribution is 2.28. The number of nitrogens with one attached hydrogen (secondary N) is 1. The minimum Gasteiger partial charge on any atom is -0.497 e. The molecule has 1 aromatic carbocycles. The van der Waals surface area contributed by atoms with E-state index >= 15 is 0 Å². The van der Waals surface area contributed by atoms with Crippen LogP contribution in [0.25, 0.3) is 11.4 Å². The van der Waals surface area contributed by atoms with E-state index in [2.05, 4.69) is 15.6 Å². The Hall–Kier alpha value is -2.28. The molecule has 0 unspecified atom stereocenters. The van der Waals surface area contributed by atoms with Gasteiger partial charge in [0.2, 0.25) is 5.82 Å². The first-order valence-electron chi connectivity index (χ1n) is 4.80. The summed E-state index contributed by atoms with van der Waals surface area (Å²) in [6, 6.07) is 5.44. The summed E-state index contributed by atoms with van der Waals surface area (Å²) in [7, 11) is 3.14. The molecular formula is C10H12N4O3. The van der Waals surface area contributed by atoms with Crippen molar-refractivity contribution in [1.82, 2.24) is 10.1 Å². The fourth-order valence-corrected chi connectivity index (χ4v) is 1.34. The molecule has 0 amide bonds. The van der Waals surface area contributed by atoms with Gasteiger partial charge in [0.1, 0.15) is 11.5 Å². The van der Waals surface area contributed by atoms with Gasteiger partial charge in [-0.25, -0.2) is 5.84 Å². The number of ether oxygens (including phenoxy) is 2. The molecule has 7 nitrogen and oxygen atoms in total. The summed E-state index contributed by atoms with van der Waals surface area (Å²) < 4.78 is 15.1. The van der Waals surface area contributed by atoms with Crippen LogP contribution in [0.15, 0.2) is 22.7 Å². The van der Waals surface area contributed by atoms with E-state index in [1.807, 2.05) is 0 Å². The van der Waals surface area contributed by atoms with Crippen LogP contribution in [0, 0.1) is 0 Å². The second kappa shape index (κ2) is 4.71. The molecule has 0 saturated heterocycles. The van der Waals surface area contributed by atoms with Gasteiger partial charge in [0.15, 0.2) is 0 Å². The zero-order valence-electron chi connectivity index (χ0n) is 9.43. The number of hydrazine groups is 1. The molecule has 0 spiro atoms. The maximum absolute atomic E-state index is 5.16. The summed E-state index contributed by atoms with van der Waals surface area (Å²) in [5.74, 6) is 6.85. The molecule has 0 radical (unpaired) electrons. The number of aromatic nitrogens is 2. The first-order chi connectivity index (χ1) is 8.26. The molecule has 17 heavy (non-hydrogen) atoms. The molecule has 0 atom stereocenters. The second-order valence-electron chi connectivity index (χ2n) is 3.17. The molecule has 1 heterocycles. The van der Waals surface area contributed by atoms with Crippen LogP contribution in [-0.4, -0.2) is 24.4 Å². The average molecular weight is 236 g/mol. The monoisotopic (exact) mass is 236 g/mol. The normalized spacial score (nSPS) is 10.1. The van der Waals surface area contributed by atoms with Crippen molar-refractivity contribution in [3.63, 3.8) is 0 Å². The van der Waals surface area contributed by atoms with Crippen molar-refractivity contribution in [3.05, 3.63) is 18.2 Å². The molecule has 7 heteroatoms. The van der Waals surface area contributed by atoms with Crippen LogP contribution >= 0.6 is 0 Å². The Morgan fingerprint density at radius 1 is 1.18 bits per heavy atom. The lowest BCUT2D eigenvalue weighted by atomic mass is 10.2. The van der Waals surface area contributed by atoms with Gasteiger partial charge in [0, 0.05) is 11.6 Å². The van der Waals surface area contributed by atoms with Crippen LogP contribution in [-0.2, 0) is 0 Å². The smallest absolute Gasteiger partial charge is 0.335 e. The topological polar surface area (TPSA) is 95.4 Å². The number of methoxy groups -OCH3 is 2. The quantitative estimate of drug-likeness (QED) is 0.604. The second-order valence-corrected chi connectivity index (χ2v) is 3.17. The first kappa shape index (κ1) is 11.2. The molecular weight excluding hydrogens is 224 g/mol. The third-order valence-corrected chi connectivity index (χ3v) is 2.16. The Kier molecular flexibility index (Phi) is 3.10. The van der Waals surface area contributed by atoms with Crippen molar-refractivity contribution in [2.45, 2.75) is 0 Å². The third-order valence-electron chi connectivity index (χ3n) is 2.16. The van der Waals surface area contributed by atoms with E-state index in [0.29, 0.717) is 22.9 Å². The van der Waals surface area contributed by atoms with Gasteiger partial charge in [-0.1, -0.05) is 5.16 Å². The van der Waals surface area contributed by atoms with Gasteiger partial charge in [-0.2, -0.15) is 4.98 Å². The molecule has 0 saturated carbocycles. The molecule has 2 rings (SSSR count). The van der Waals surface area contributed by atoms with Gasteiger partial charge >= 0.3 is 6.01 Å². The van der Waals surface area contributed by atoms with Crippen LogP contribution in [0.2, 0.25) is 0 Å². The third kappa shape index (κ3) is 2.28. The lowest BCUT2D eigenvalue weighted by Gasteiger charge is -2.05. The summed E-state index contributed by atoms with van der Waals surface area (Å²) >= 11 is 0. The first-order valence-corrected chi connectivity index (χ1v) is 4.80. The predicted molar refractivity (Wildman–Crippen MR) is 60.6 cm³/mol. The number of hydrogen-bond donors (Lipinski definition) is 2. The Balaban J connectivity index is 2.43. The van der Waals surface area contributed by atoms with Crippen molar-refractivity contribution in [3.8, 4) is 22.9 Å². The van der Waals surface area contributed by atoms with Gasteiger partial charge < -0.3 is 14.0 Å². The number of hydrogen-bond acceptors (Lipinski definition) is 7. The largest absolute Gasteiger partial charge is 0.497 e. The zero-order chi connectivity index (χ0) is 12.3. The fraction of sp³-hybridized carbons (Fsp3) is 0.200. The van der Waals surface area contributed by atoms with Crippen LogP contribution in [0.1, 0.15) is 0 Å². The van der Waals surface area contributed by atoms with E-state index < -0.39 is 0 Å². The highest BCUT2D eigenvalue weighted by atomic mass is 16.5. The fourth-order valence-electron chi connectivity index (χ4n) is 1.34. The average Bonchev–Trinajstić information content (AvgIpc) is 2.86. The SMILES string of the molecule is COc1cc(OC)cc(-c2noc(NN)n2)c1. The molecule has 0 fully saturated rings. The van der Waals surface area contributed by atoms with Crippen molar-refractivity contribution >= 4 is 6.01 Å². The van der Waals surface area contributed by atoms with Gasteiger partial charge in [-0.3, -0.25) is 5.43 Å². The van der Waals surface area contributed by atoms with Gasteiger partial charge in [-0.05, 0) is 12.1 Å². The van der Waals surface area contributed by atoms with Crippen LogP contribution in [0.4, 0.5) is 6.01 Å². The Morgan fingerprint density at radius 2 is 1.82 bits per heavy atom. The molecule has 2 aromatic rings. The van der Waals surface area contributed by atoms with Crippen molar-refractivity contribution in [1.29, 1.82) is 0 Å². The van der Waals surface area contributed by atoms with Gasteiger partial charge in [-0.15, -0.1) is 0 Å². The minimum atomic E-state index is 0.141. The summed E-state index contributed by atoms with van der Waals surface area (Å²) in [6.45, 7) is 0. The maximum Gasteiger partial charge on any atom is 0.335 e. The Bertz CT molecular complexity index is 490. The Morgan fingerprint density at radius 3 is 2.29 bits per heavy atom. The predicted octanol–water partition coefficient (Wildman–Crippen LogP) is 1.04. The molecule has 0 aliphatic rings. The molecule has 0 aliphatic carbocycles. The maximum atomic E-state index is 5.16. The number of rotatable bonds is 4. The molecule has 3 N–H and O–H groups in total. The minimum absolute atomic E-state index is 0.141. The number of nitrogens with two attached hydrogens (primary N) is 1. The van der Waals surface area contributed by atoms with Gasteiger partial charge in [0.25, 0.3) is 0 Å². The van der Waals surface area contributed by atoms with E-state index in [1.165, 1.54) is 0 Å². The van der Waals surface area contributed by atoms with Crippen LogP contribution < -0.4 is 20.7 Å². The zero-order valence-corrected chi connectivity index (χ0v) is 9.43. The standard InChI is InChI=1S/C10H12N4O3/c1-15-7-3-6(4-8(5-7)16-2)9-12-10(13-11)17-14-9/h3-5H,11H2,1-2H3,(H,12,13,14). The molecule has 0 bridgehead atoms. The van der Waals surface area contributed by atoms with E-state index in [4.69, 9.17) is 19.8 Å². The number of nitrogens with zero attached hydrogens (tertiary/aromatic N) is 2. The summed E-state index contributed by atoms with van der Waals surface area (Å²) in [4.78, 5) is 4.02. The molecule has 0 aliphatic heterocycles. The Labute approximate surface area is 97.5 Å². The number of benzene rings is 1. The van der Waals surface area contributed by atoms with Crippen molar-refractivity contribution in [2.24, 2.45) is 5.84 Å². The number of anilines is 1. The van der Waals surface area contributed by atoms with Crippen molar-refractivity contribution in [2.75, 3.05) is 19.6 Å². The highest BCUT2D eigenvalue weighted by molar-refractivity contribution is 5.61. The van der Waals surface area contributed by atoms with E-state index in [9.17, 15) is 0 Å². The van der Waals surface area contributed by atoms with Crippen molar-refractivity contribution < 1.29 is 14.0 Å². The van der Waals surface area contributed by atoms with E-state index in [0.717, 1.165) is 0 Å². The summed E-state index contributed by atoms with van der Waals surface area (Å²) in [6.07, 6.45) is 0. The highest BCUT2D eigenvalue weighted by Gasteiger charge is 2.10. The van der Waals surface area contributed by atoms with E-state index in [-0.39, 0.29) is 6.01 Å². The van der Waals surface area contributed by atoms with E-state index in [1.54, 1.807) is 32.4 Å². The van der Waals surface area contributed by atoms with Crippen LogP contribution in [0.3, 0.4) is 0 Å². The summed E-state index contributed by atoms with van der Waals surface area (Å²) in [5.41, 5.74) is 2.99. The van der Waals surface area contributed by atoms with Gasteiger partial charge in [0.05, 0.1) is 14.2 Å². The number of nitrogen functional groups attached to an aromatic ring is 1. The molecule has 90 valence electrons. The lowest BCUT2D eigenvalue weighted by molar-refractivity contribution is 0.394. The summed E-state index contributed by atoms with van der Waals surface area (Å²) in [5, 5.41) is 3.77. The van der Waals surface area contributed by atoms with Crippen LogP contribution in [0.5, 0.6) is 11.5 Å². The molecule has 1 aromatic heterocycles.